The van der Waals surface area contributed by atoms with E-state index in [1.165, 1.54) is 0 Å². The van der Waals surface area contributed by atoms with Crippen molar-refractivity contribution in [3.05, 3.63) is 54.6 Å². The van der Waals surface area contributed by atoms with Crippen LogP contribution in [0.15, 0.2) is 54.6 Å². The molecule has 0 unspecified atom stereocenters. The largest absolute Gasteiger partial charge is 0.490 e. The van der Waals surface area contributed by atoms with Gasteiger partial charge < -0.3 is 30.7 Å². The fourth-order valence-electron chi connectivity index (χ4n) is 1.99. The quantitative estimate of drug-likeness (QED) is 0.398. The number of carbonyl (C=O) groups is 2. The number of amides is 2. The molecule has 8 nitrogen and oxygen atoms in total. The third kappa shape index (κ3) is 11.7. The molecule has 0 aliphatic heterocycles. The lowest BCUT2D eigenvalue weighted by atomic mass is 9.79. The van der Waals surface area contributed by atoms with Crippen LogP contribution in [0.25, 0.3) is 0 Å². The molecule has 0 spiro atoms. The molecule has 2 aromatic carbocycles. The van der Waals surface area contributed by atoms with E-state index in [0.717, 1.165) is 5.69 Å². The van der Waals surface area contributed by atoms with Crippen molar-refractivity contribution in [1.82, 2.24) is 0 Å². The van der Waals surface area contributed by atoms with E-state index in [-0.39, 0.29) is 24.9 Å². The van der Waals surface area contributed by atoms with Gasteiger partial charge in [0.15, 0.2) is 0 Å². The van der Waals surface area contributed by atoms with Gasteiger partial charge in [-0.3, -0.25) is 9.59 Å². The molecule has 2 aromatic rings. The SMILES string of the molecule is CC(C)(C)C(=O)Nc1ccccc1.CC(C)(C)C(=O)Nc1ccccc1B(O)O.O[B]O. The molecule has 0 aromatic heterocycles. The summed E-state index contributed by atoms with van der Waals surface area (Å²) in [7, 11) is -1.59. The Morgan fingerprint density at radius 3 is 1.59 bits per heavy atom. The zero-order valence-electron chi connectivity index (χ0n) is 19.5. The third-order valence-corrected chi connectivity index (χ3v) is 3.88. The highest BCUT2D eigenvalue weighted by molar-refractivity contribution is 6.60. The van der Waals surface area contributed by atoms with E-state index in [0.29, 0.717) is 11.2 Å². The van der Waals surface area contributed by atoms with E-state index in [2.05, 4.69) is 10.6 Å². The first-order valence-corrected chi connectivity index (χ1v) is 9.97. The van der Waals surface area contributed by atoms with Crippen molar-refractivity contribution >= 4 is 43.5 Å². The number of carbonyl (C=O) groups excluding carboxylic acids is 2. The summed E-state index contributed by atoms with van der Waals surface area (Å²) >= 11 is 0. The second kappa shape index (κ2) is 13.7. The lowest BCUT2D eigenvalue weighted by Gasteiger charge is -2.19. The Labute approximate surface area is 191 Å². The number of rotatable bonds is 3. The van der Waals surface area contributed by atoms with Crippen LogP contribution in [0.5, 0.6) is 0 Å². The fourth-order valence-corrected chi connectivity index (χ4v) is 1.99. The van der Waals surface area contributed by atoms with Gasteiger partial charge in [-0.25, -0.2) is 0 Å². The zero-order valence-corrected chi connectivity index (χ0v) is 19.5. The lowest BCUT2D eigenvalue weighted by molar-refractivity contribution is -0.123. The summed E-state index contributed by atoms with van der Waals surface area (Å²) in [6.45, 7) is 11.1. The van der Waals surface area contributed by atoms with Gasteiger partial charge in [0.1, 0.15) is 0 Å². The predicted octanol–water partition coefficient (Wildman–Crippen LogP) is 1.53. The Kier molecular flexibility index (Phi) is 12.6. The lowest BCUT2D eigenvalue weighted by Crippen LogP contribution is -2.36. The highest BCUT2D eigenvalue weighted by atomic mass is 16.4. The van der Waals surface area contributed by atoms with Gasteiger partial charge in [-0.2, -0.15) is 0 Å². The van der Waals surface area contributed by atoms with Crippen molar-refractivity contribution in [3.8, 4) is 0 Å². The predicted molar refractivity (Wildman–Crippen MR) is 129 cm³/mol. The maximum Gasteiger partial charge on any atom is 0.490 e. The molecule has 2 amide bonds. The normalized spacial score (nSPS) is 10.4. The summed E-state index contributed by atoms with van der Waals surface area (Å²) in [6, 6.07) is 16.1. The number of anilines is 2. The molecule has 0 heterocycles. The Balaban J connectivity index is 0.000000543. The van der Waals surface area contributed by atoms with Gasteiger partial charge >= 0.3 is 14.8 Å². The molecule has 173 valence electrons. The Bertz CT molecular complexity index is 834. The van der Waals surface area contributed by atoms with E-state index in [9.17, 15) is 9.59 Å². The molecular weight excluding hydrogens is 410 g/mol. The summed E-state index contributed by atoms with van der Waals surface area (Å²) in [5.41, 5.74) is 0.712. The molecule has 0 aliphatic carbocycles. The van der Waals surface area contributed by atoms with Crippen LogP contribution in [0.1, 0.15) is 41.5 Å². The van der Waals surface area contributed by atoms with E-state index in [1.54, 1.807) is 45.0 Å². The molecule has 0 fully saturated rings. The Morgan fingerprint density at radius 2 is 1.16 bits per heavy atom. The van der Waals surface area contributed by atoms with Crippen molar-refractivity contribution in [2.75, 3.05) is 10.6 Å². The summed E-state index contributed by atoms with van der Waals surface area (Å²) in [5, 5.41) is 37.8. The Hall–Kier alpha value is -2.65. The second-order valence-electron chi connectivity index (χ2n) is 8.85. The molecule has 0 bridgehead atoms. The number of para-hydroxylation sites is 2. The molecule has 2 rings (SSSR count). The molecular formula is C22H33B2N2O6. The van der Waals surface area contributed by atoms with Gasteiger partial charge in [-0.05, 0) is 18.2 Å². The minimum absolute atomic E-state index is 0. The number of benzene rings is 2. The number of nitrogens with one attached hydrogen (secondary N) is 2. The van der Waals surface area contributed by atoms with Crippen molar-refractivity contribution in [2.45, 2.75) is 41.5 Å². The van der Waals surface area contributed by atoms with Crippen molar-refractivity contribution in [3.63, 3.8) is 0 Å². The molecule has 1 radical (unpaired) electrons. The summed E-state index contributed by atoms with van der Waals surface area (Å²) < 4.78 is 0. The van der Waals surface area contributed by atoms with Crippen molar-refractivity contribution in [2.24, 2.45) is 10.8 Å². The second-order valence-corrected chi connectivity index (χ2v) is 8.85. The smallest absolute Gasteiger partial charge is 0.429 e. The van der Waals surface area contributed by atoms with Crippen LogP contribution in [-0.4, -0.2) is 46.7 Å². The number of hydrogen-bond acceptors (Lipinski definition) is 6. The highest BCUT2D eigenvalue weighted by Gasteiger charge is 2.24. The first kappa shape index (κ1) is 29.3. The minimum atomic E-state index is -1.59. The van der Waals surface area contributed by atoms with Crippen molar-refractivity contribution in [1.29, 1.82) is 0 Å². The number of hydrogen-bond donors (Lipinski definition) is 6. The third-order valence-electron chi connectivity index (χ3n) is 3.88. The minimum Gasteiger partial charge on any atom is -0.429 e. The van der Waals surface area contributed by atoms with Gasteiger partial charge in [0, 0.05) is 27.7 Å². The average molecular weight is 443 g/mol. The van der Waals surface area contributed by atoms with Gasteiger partial charge in [0.05, 0.1) is 0 Å². The molecule has 0 aliphatic rings. The maximum absolute atomic E-state index is 11.7. The molecule has 0 saturated carbocycles. The molecule has 32 heavy (non-hydrogen) atoms. The van der Waals surface area contributed by atoms with Gasteiger partial charge in [-0.15, -0.1) is 0 Å². The van der Waals surface area contributed by atoms with Gasteiger partial charge in [0.25, 0.3) is 0 Å². The van der Waals surface area contributed by atoms with Crippen LogP contribution < -0.4 is 16.1 Å². The van der Waals surface area contributed by atoms with Crippen LogP contribution in [-0.2, 0) is 9.59 Å². The van der Waals surface area contributed by atoms with E-state index in [1.807, 2.05) is 51.1 Å². The Morgan fingerprint density at radius 1 is 0.750 bits per heavy atom. The van der Waals surface area contributed by atoms with Gasteiger partial charge in [-0.1, -0.05) is 77.9 Å². The van der Waals surface area contributed by atoms with Gasteiger partial charge in [0.2, 0.25) is 11.8 Å². The standard InChI is InChI=1S/C11H16BNO3.C11H15NO.BH2O2/c1-11(2,3)10(14)13-9-7-5-4-6-8(9)12(15)16;1-11(2,3)10(13)12-9-7-5-4-6-8-9;2-1-3/h4-7,15-16H,1-3H3,(H,13,14);4-8H,1-3H3,(H,12,13);2-3H. The first-order chi connectivity index (χ1) is 14.7. The summed E-state index contributed by atoms with van der Waals surface area (Å²) in [4.78, 5) is 23.3. The van der Waals surface area contributed by atoms with Crippen LogP contribution in [0.4, 0.5) is 11.4 Å². The maximum atomic E-state index is 11.7. The summed E-state index contributed by atoms with van der Waals surface area (Å²) in [6.07, 6.45) is 0. The van der Waals surface area contributed by atoms with Crippen LogP contribution >= 0.6 is 0 Å². The topological polar surface area (TPSA) is 139 Å². The average Bonchev–Trinajstić information content (AvgIpc) is 2.68. The molecule has 0 atom stereocenters. The van der Waals surface area contributed by atoms with E-state index < -0.39 is 12.5 Å². The fraction of sp³-hybridized carbons (Fsp3) is 0.364. The van der Waals surface area contributed by atoms with E-state index in [4.69, 9.17) is 20.1 Å². The molecule has 0 saturated heterocycles. The van der Waals surface area contributed by atoms with E-state index >= 15 is 0 Å². The van der Waals surface area contributed by atoms with Crippen molar-refractivity contribution < 1.29 is 29.7 Å². The molecule has 10 heteroatoms. The first-order valence-electron chi connectivity index (χ1n) is 9.97. The highest BCUT2D eigenvalue weighted by Crippen LogP contribution is 2.17. The van der Waals surface area contributed by atoms with Crippen LogP contribution in [0, 0.1) is 10.8 Å². The van der Waals surface area contributed by atoms with Crippen LogP contribution in [0.3, 0.4) is 0 Å². The monoisotopic (exact) mass is 443 g/mol. The zero-order chi connectivity index (χ0) is 24.9. The molecule has 6 N–H and O–H groups in total. The van der Waals surface area contributed by atoms with Crippen LogP contribution in [0.2, 0.25) is 0 Å². The summed E-state index contributed by atoms with van der Waals surface area (Å²) in [5.74, 6) is -0.126.